The minimum Gasteiger partial charge on any atom is -0.481 e. The normalized spacial score (nSPS) is 16.4. The number of carboxylic acids is 1. The highest BCUT2D eigenvalue weighted by atomic mass is 79.9. The van der Waals surface area contributed by atoms with E-state index in [-0.39, 0.29) is 22.6 Å². The van der Waals surface area contributed by atoms with Crippen LogP contribution < -0.4 is 0 Å². The van der Waals surface area contributed by atoms with Gasteiger partial charge in [-0.05, 0) is 36.3 Å². The van der Waals surface area contributed by atoms with Crippen LogP contribution in [0, 0.1) is 0 Å². The highest BCUT2D eigenvalue weighted by molar-refractivity contribution is 9.10. The molecule has 17 heavy (non-hydrogen) atoms. The zero-order chi connectivity index (χ0) is 12.6. The molecule has 0 atom stereocenters. The third-order valence-corrected chi connectivity index (χ3v) is 4.96. The van der Waals surface area contributed by atoms with Crippen molar-refractivity contribution >= 4 is 37.8 Å². The molecule has 90 valence electrons. The summed E-state index contributed by atoms with van der Waals surface area (Å²) in [6.07, 6.45) is 1.39. The molecule has 0 radical (unpaired) electrons. The molecule has 0 saturated heterocycles. The minimum atomic E-state index is -3.48. The lowest BCUT2D eigenvalue weighted by atomic mass is 10.2. The van der Waals surface area contributed by atoms with E-state index in [1.807, 2.05) is 0 Å². The Morgan fingerprint density at radius 3 is 2.71 bits per heavy atom. The van der Waals surface area contributed by atoms with Gasteiger partial charge in [-0.15, -0.1) is 0 Å². The van der Waals surface area contributed by atoms with Crippen molar-refractivity contribution in [2.75, 3.05) is 0 Å². The molecule has 0 aliphatic carbocycles. The molecule has 0 unspecified atom stereocenters. The molecule has 0 saturated carbocycles. The van der Waals surface area contributed by atoms with Crippen molar-refractivity contribution in [2.24, 2.45) is 0 Å². The molecular weight excluding hydrogens is 308 g/mol. The van der Waals surface area contributed by atoms with E-state index in [4.69, 9.17) is 5.11 Å². The molecule has 1 aliphatic heterocycles. The predicted molar refractivity (Wildman–Crippen MR) is 66.2 cm³/mol. The molecule has 1 heterocycles. The summed E-state index contributed by atoms with van der Waals surface area (Å²) in [5.41, 5.74) is 0.611. The number of hydrogen-bond donors (Lipinski definition) is 1. The van der Waals surface area contributed by atoms with E-state index < -0.39 is 15.8 Å². The first-order valence-electron chi connectivity index (χ1n) is 4.88. The number of hydrogen-bond acceptors (Lipinski definition) is 3. The van der Waals surface area contributed by atoms with Crippen LogP contribution >= 0.6 is 15.9 Å². The van der Waals surface area contributed by atoms with Gasteiger partial charge in [-0.1, -0.05) is 15.9 Å². The molecule has 1 N–H and O–H groups in total. The fourth-order valence-electron chi connectivity index (χ4n) is 1.71. The third kappa shape index (κ3) is 2.28. The zero-order valence-corrected chi connectivity index (χ0v) is 11.1. The Kier molecular flexibility index (Phi) is 3.09. The van der Waals surface area contributed by atoms with Crippen molar-refractivity contribution in [1.29, 1.82) is 0 Å². The van der Waals surface area contributed by atoms with Crippen LogP contribution in [0.5, 0.6) is 0 Å². The number of carboxylic acid groups (broad SMARTS) is 1. The third-order valence-electron chi connectivity index (χ3n) is 2.51. The van der Waals surface area contributed by atoms with Crippen molar-refractivity contribution < 1.29 is 18.3 Å². The van der Waals surface area contributed by atoms with Crippen LogP contribution in [0.15, 0.2) is 32.5 Å². The van der Waals surface area contributed by atoms with Gasteiger partial charge in [0.2, 0.25) is 9.84 Å². The van der Waals surface area contributed by atoms with Crippen LogP contribution in [0.3, 0.4) is 0 Å². The first-order valence-corrected chi connectivity index (χ1v) is 7.16. The molecular formula is C11H9BrO4S. The maximum atomic E-state index is 12.0. The van der Waals surface area contributed by atoms with Gasteiger partial charge in [0.1, 0.15) is 0 Å². The lowest BCUT2D eigenvalue weighted by molar-refractivity contribution is -0.136. The van der Waals surface area contributed by atoms with E-state index in [2.05, 4.69) is 15.9 Å². The minimum absolute atomic E-state index is 0.0317. The summed E-state index contributed by atoms with van der Waals surface area (Å²) in [5.74, 6) is -1.00. The number of allylic oxidation sites excluding steroid dienone is 1. The standard InChI is InChI=1S/C11H9BrO4S/c12-8-1-3-10-7(5-8)6-9(17(10,15)16)2-4-11(13)14/h1,3,5-6H,2,4H2,(H,13,14). The van der Waals surface area contributed by atoms with Gasteiger partial charge in [0.05, 0.1) is 16.2 Å². The van der Waals surface area contributed by atoms with E-state index >= 15 is 0 Å². The summed E-state index contributed by atoms with van der Waals surface area (Å²) in [5, 5.41) is 8.58. The monoisotopic (exact) mass is 316 g/mol. The fraction of sp³-hybridized carbons (Fsp3) is 0.182. The van der Waals surface area contributed by atoms with Crippen LogP contribution in [0.1, 0.15) is 18.4 Å². The van der Waals surface area contributed by atoms with E-state index in [0.29, 0.717) is 5.56 Å². The molecule has 0 spiro atoms. The van der Waals surface area contributed by atoms with E-state index in [0.717, 1.165) is 4.47 Å². The van der Waals surface area contributed by atoms with Crippen molar-refractivity contribution in [3.8, 4) is 0 Å². The Morgan fingerprint density at radius 2 is 2.06 bits per heavy atom. The number of halogens is 1. The molecule has 6 heteroatoms. The summed E-state index contributed by atoms with van der Waals surface area (Å²) in [4.78, 5) is 10.9. The quantitative estimate of drug-likeness (QED) is 0.929. The smallest absolute Gasteiger partial charge is 0.303 e. The summed E-state index contributed by atoms with van der Waals surface area (Å²) in [7, 11) is -3.48. The van der Waals surface area contributed by atoms with Gasteiger partial charge in [0.15, 0.2) is 0 Å². The van der Waals surface area contributed by atoms with Crippen LogP contribution in [-0.2, 0) is 14.6 Å². The van der Waals surface area contributed by atoms with Gasteiger partial charge < -0.3 is 5.11 Å². The predicted octanol–water partition coefficient (Wildman–Crippen LogP) is 2.44. The van der Waals surface area contributed by atoms with Crippen molar-refractivity contribution in [2.45, 2.75) is 17.7 Å². The molecule has 1 aromatic rings. The van der Waals surface area contributed by atoms with E-state index in [1.165, 1.54) is 6.07 Å². The molecule has 2 rings (SSSR count). The van der Waals surface area contributed by atoms with Crippen LogP contribution in [-0.4, -0.2) is 19.5 Å². The highest BCUT2D eigenvalue weighted by Crippen LogP contribution is 2.36. The number of rotatable bonds is 3. The molecule has 0 amide bonds. The Balaban J connectivity index is 2.40. The molecule has 1 aromatic carbocycles. The fourth-order valence-corrected chi connectivity index (χ4v) is 3.70. The summed E-state index contributed by atoms with van der Waals surface area (Å²) < 4.78 is 24.9. The first-order chi connectivity index (χ1) is 7.91. The second kappa shape index (κ2) is 4.27. The molecule has 0 bridgehead atoms. The van der Waals surface area contributed by atoms with Crippen LogP contribution in [0.2, 0.25) is 0 Å². The maximum absolute atomic E-state index is 12.0. The summed E-state index contributed by atoms with van der Waals surface area (Å²) in [6.45, 7) is 0. The maximum Gasteiger partial charge on any atom is 0.303 e. The zero-order valence-electron chi connectivity index (χ0n) is 8.68. The second-order valence-corrected chi connectivity index (χ2v) is 6.58. The summed E-state index contributed by atoms with van der Waals surface area (Å²) in [6, 6.07) is 4.89. The molecule has 1 aliphatic rings. The van der Waals surface area contributed by atoms with Gasteiger partial charge in [-0.2, -0.15) is 0 Å². The second-order valence-electron chi connectivity index (χ2n) is 3.69. The van der Waals surface area contributed by atoms with Crippen LogP contribution in [0.4, 0.5) is 0 Å². The molecule has 0 aromatic heterocycles. The highest BCUT2D eigenvalue weighted by Gasteiger charge is 2.29. The van der Waals surface area contributed by atoms with Gasteiger partial charge in [0, 0.05) is 4.47 Å². The lowest BCUT2D eigenvalue weighted by Gasteiger charge is -2.02. The van der Waals surface area contributed by atoms with Gasteiger partial charge in [0.25, 0.3) is 0 Å². The van der Waals surface area contributed by atoms with Crippen molar-refractivity contribution in [3.63, 3.8) is 0 Å². The summed E-state index contributed by atoms with van der Waals surface area (Å²) >= 11 is 3.27. The van der Waals surface area contributed by atoms with Crippen molar-refractivity contribution in [3.05, 3.63) is 33.1 Å². The van der Waals surface area contributed by atoms with E-state index in [9.17, 15) is 13.2 Å². The largest absolute Gasteiger partial charge is 0.481 e. The molecule has 0 fully saturated rings. The Morgan fingerprint density at radius 1 is 1.35 bits per heavy atom. The Hall–Kier alpha value is -1.14. The lowest BCUT2D eigenvalue weighted by Crippen LogP contribution is -2.03. The van der Waals surface area contributed by atoms with Gasteiger partial charge in [-0.25, -0.2) is 8.42 Å². The van der Waals surface area contributed by atoms with Gasteiger partial charge >= 0.3 is 5.97 Å². The number of aliphatic carboxylic acids is 1. The average molecular weight is 317 g/mol. The number of benzene rings is 1. The molecule has 4 nitrogen and oxygen atoms in total. The van der Waals surface area contributed by atoms with E-state index in [1.54, 1.807) is 18.2 Å². The van der Waals surface area contributed by atoms with Crippen LogP contribution in [0.25, 0.3) is 6.08 Å². The Bertz CT molecular complexity index is 616. The first kappa shape index (κ1) is 12.3. The van der Waals surface area contributed by atoms with Gasteiger partial charge in [-0.3, -0.25) is 4.79 Å². The Labute approximate surface area is 107 Å². The number of sulfone groups is 1. The number of carbonyl (C=O) groups is 1. The van der Waals surface area contributed by atoms with Crippen molar-refractivity contribution in [1.82, 2.24) is 0 Å². The average Bonchev–Trinajstić information content (AvgIpc) is 2.46. The SMILES string of the molecule is O=C(O)CCC1=Cc2cc(Br)ccc2S1(=O)=O. The number of fused-ring (bicyclic) bond motifs is 1. The topological polar surface area (TPSA) is 71.4 Å².